The summed E-state index contributed by atoms with van der Waals surface area (Å²) in [6, 6.07) is 18.4. The number of hydrogen-bond donors (Lipinski definition) is 2. The molecule has 0 spiro atoms. The first-order valence-corrected chi connectivity index (χ1v) is 36.8. The van der Waals surface area contributed by atoms with E-state index in [0.29, 0.717) is 13.2 Å². The minimum Gasteiger partial charge on any atom is -0.870 e. The summed E-state index contributed by atoms with van der Waals surface area (Å²) in [5.74, 6) is 2.75. The van der Waals surface area contributed by atoms with Crippen molar-refractivity contribution in [3.05, 3.63) is 88.0 Å². The molecule has 3 rings (SSSR count). The summed E-state index contributed by atoms with van der Waals surface area (Å²) in [5.41, 5.74) is 6.59. The molecular formula is C76H137Br2KO7. The summed E-state index contributed by atoms with van der Waals surface area (Å²) in [7, 11) is 0. The average molecular weight is 1360 g/mol. The fourth-order valence-electron chi connectivity index (χ4n) is 10.6. The molecule has 0 heterocycles. The Morgan fingerprint density at radius 2 is 0.547 bits per heavy atom. The van der Waals surface area contributed by atoms with Crippen LogP contribution in [0.2, 0.25) is 0 Å². The second-order valence-corrected chi connectivity index (χ2v) is 24.8. The number of halogens is 2. The minimum absolute atomic E-state index is 0. The molecular weight excluding hydrogens is 1220 g/mol. The quantitative estimate of drug-likeness (QED) is 0.0329. The van der Waals surface area contributed by atoms with Gasteiger partial charge in [0.2, 0.25) is 0 Å². The zero-order valence-electron chi connectivity index (χ0n) is 55.5. The van der Waals surface area contributed by atoms with Crippen LogP contribution in [0.25, 0.3) is 0 Å². The third kappa shape index (κ3) is 58.6. The van der Waals surface area contributed by atoms with Crippen LogP contribution in [0.5, 0.6) is 17.2 Å². The fourth-order valence-corrected chi connectivity index (χ4v) is 11.3. The molecule has 0 aliphatic heterocycles. The van der Waals surface area contributed by atoms with E-state index in [1.807, 2.05) is 19.1 Å². The van der Waals surface area contributed by atoms with Crippen molar-refractivity contribution in [2.24, 2.45) is 0 Å². The second kappa shape index (κ2) is 71.9. The van der Waals surface area contributed by atoms with Crippen LogP contribution in [0.1, 0.15) is 346 Å². The normalized spacial score (nSPS) is 10.6. The van der Waals surface area contributed by atoms with Crippen molar-refractivity contribution in [2.75, 3.05) is 26.4 Å². The maximum Gasteiger partial charge on any atom is 1.00 e. The maximum atomic E-state index is 9.25. The van der Waals surface area contributed by atoms with E-state index in [9.17, 15) is 10.2 Å². The van der Waals surface area contributed by atoms with E-state index in [-0.39, 0.29) is 84.9 Å². The number of ether oxygens (including phenoxy) is 4. The number of aliphatic hydroxyl groups is 2. The van der Waals surface area contributed by atoms with Crippen molar-refractivity contribution in [3.63, 3.8) is 0 Å². The maximum absolute atomic E-state index is 9.25. The molecule has 3 N–H and O–H groups in total. The van der Waals surface area contributed by atoms with Crippen LogP contribution in [-0.2, 0) is 35.2 Å². The van der Waals surface area contributed by atoms with Crippen molar-refractivity contribution in [1.29, 1.82) is 0 Å². The van der Waals surface area contributed by atoms with Crippen molar-refractivity contribution < 1.29 is 86.0 Å². The van der Waals surface area contributed by atoms with Gasteiger partial charge < -0.3 is 34.6 Å². The second-order valence-electron chi connectivity index (χ2n) is 23.7. The Balaban J connectivity index is -0.000000573. The third-order valence-electron chi connectivity index (χ3n) is 15.6. The zero-order valence-corrected chi connectivity index (χ0v) is 61.8. The van der Waals surface area contributed by atoms with Crippen LogP contribution in [0.4, 0.5) is 0 Å². The van der Waals surface area contributed by atoms with E-state index < -0.39 is 0 Å². The molecule has 86 heavy (non-hydrogen) atoms. The van der Waals surface area contributed by atoms with Gasteiger partial charge >= 0.3 is 51.4 Å². The number of alkyl halides is 2. The summed E-state index contributed by atoms with van der Waals surface area (Å²) >= 11 is 7.07. The number of unbranched alkanes of at least 4 members (excludes halogenated alkanes) is 39. The van der Waals surface area contributed by atoms with Crippen molar-refractivity contribution >= 4 is 31.9 Å². The Hall–Kier alpha value is -0.504. The van der Waals surface area contributed by atoms with Crippen LogP contribution < -0.4 is 65.6 Å². The standard InChI is InChI=1S/C26H46O2.C24H40Br2O.C24H42O3.2CH4.K.H2O/c1-4-6-7-8-9-10-11-12-13-14-15-16-17-18-19-28-26-21-24(3)20-25(22-26)23-27-5-2;2*1-2-3-4-5-6-7-8-9-10-11-12-13-14-15-16-27-24-18-22(20-25)17-23(19-24)21-26;;;;/h20-22H,4-19,23H2,1-3H3;17-19H,2-16,20-21H2,1H3;17-19,25-26H,2-16,20-21H2,1H3;2*1H4;;1H2/q;;;;;+1;/p-1. The number of rotatable bonds is 55. The third-order valence-corrected chi connectivity index (χ3v) is 16.9. The van der Waals surface area contributed by atoms with E-state index in [4.69, 9.17) is 18.9 Å². The molecule has 0 unspecified atom stereocenters. The molecule has 0 aliphatic carbocycles. The summed E-state index contributed by atoms with van der Waals surface area (Å²) in [6.45, 7) is 14.8. The van der Waals surface area contributed by atoms with Crippen molar-refractivity contribution in [1.82, 2.24) is 0 Å². The Bertz CT molecular complexity index is 1690. The van der Waals surface area contributed by atoms with Gasteiger partial charge in [0.05, 0.1) is 39.6 Å². The van der Waals surface area contributed by atoms with Gasteiger partial charge in [-0.25, -0.2) is 0 Å². The van der Waals surface area contributed by atoms with Crippen LogP contribution in [0.3, 0.4) is 0 Å². The Morgan fingerprint density at radius 1 is 0.314 bits per heavy atom. The first kappa shape index (κ1) is 91.9. The fraction of sp³-hybridized carbons (Fsp3) is 0.763. The zero-order chi connectivity index (χ0) is 59.5. The molecule has 3 aromatic rings. The topological polar surface area (TPSA) is 107 Å². The Labute approximate surface area is 593 Å². The van der Waals surface area contributed by atoms with Crippen LogP contribution in [-0.4, -0.2) is 42.1 Å². The van der Waals surface area contributed by atoms with E-state index in [1.54, 1.807) is 6.07 Å². The first-order valence-electron chi connectivity index (χ1n) is 34.5. The summed E-state index contributed by atoms with van der Waals surface area (Å²) in [4.78, 5) is 0. The summed E-state index contributed by atoms with van der Waals surface area (Å²) in [5, 5.41) is 20.3. The van der Waals surface area contributed by atoms with E-state index in [2.05, 4.69) is 96.0 Å². The number of benzene rings is 3. The van der Waals surface area contributed by atoms with Gasteiger partial charge in [0.1, 0.15) is 17.2 Å². The summed E-state index contributed by atoms with van der Waals surface area (Å²) in [6.07, 6.45) is 58.0. The van der Waals surface area contributed by atoms with Gasteiger partial charge in [-0.1, -0.05) is 336 Å². The smallest absolute Gasteiger partial charge is 0.870 e. The van der Waals surface area contributed by atoms with Gasteiger partial charge in [-0.15, -0.1) is 0 Å². The molecule has 498 valence electrons. The minimum atomic E-state index is -0.0247. The number of aryl methyl sites for hydroxylation is 1. The van der Waals surface area contributed by atoms with E-state index in [0.717, 1.165) is 71.7 Å². The van der Waals surface area contributed by atoms with Crippen LogP contribution >= 0.6 is 31.9 Å². The molecule has 10 heteroatoms. The summed E-state index contributed by atoms with van der Waals surface area (Å²) < 4.78 is 23.2. The average Bonchev–Trinajstić information content (AvgIpc) is 3.47. The number of hydrogen-bond acceptors (Lipinski definition) is 7. The predicted molar refractivity (Wildman–Crippen MR) is 379 cm³/mol. The van der Waals surface area contributed by atoms with Gasteiger partial charge in [0, 0.05) is 17.3 Å². The van der Waals surface area contributed by atoms with Gasteiger partial charge in [0.15, 0.2) is 0 Å². The molecule has 0 amide bonds. The molecule has 0 saturated carbocycles. The van der Waals surface area contributed by atoms with Gasteiger partial charge in [-0.3, -0.25) is 0 Å². The Morgan fingerprint density at radius 3 is 0.802 bits per heavy atom. The molecule has 7 nitrogen and oxygen atoms in total. The van der Waals surface area contributed by atoms with E-state index in [1.165, 1.54) is 279 Å². The molecule has 0 aromatic heterocycles. The van der Waals surface area contributed by atoms with E-state index >= 15 is 0 Å². The van der Waals surface area contributed by atoms with Gasteiger partial charge in [-0.05, 0) is 103 Å². The first-order chi connectivity index (χ1) is 40.3. The van der Waals surface area contributed by atoms with Crippen molar-refractivity contribution in [2.45, 2.75) is 350 Å². The monoisotopic (exact) mass is 1360 g/mol. The molecule has 3 aromatic carbocycles. The van der Waals surface area contributed by atoms with Gasteiger partial charge in [-0.2, -0.15) is 0 Å². The van der Waals surface area contributed by atoms with Crippen LogP contribution in [0.15, 0.2) is 54.6 Å². The molecule has 0 atom stereocenters. The molecule has 0 fully saturated rings. The van der Waals surface area contributed by atoms with Crippen molar-refractivity contribution in [3.8, 4) is 17.2 Å². The number of aliphatic hydroxyl groups excluding tert-OH is 2. The van der Waals surface area contributed by atoms with Crippen LogP contribution in [0, 0.1) is 6.92 Å². The predicted octanol–water partition coefficient (Wildman–Crippen LogP) is 22.4. The molecule has 0 bridgehead atoms. The molecule has 0 aliphatic rings. The SMILES string of the molecule is C.C.CCCCCCCCCCCCCCCCOc1cc(C)cc(COCC)c1.CCCCCCCCCCCCCCCCOc1cc(CBr)cc(CBr)c1.CCCCCCCCCCCCCCCCOc1cc(CO)cc(CO)c1.[K+].[OH-]. The van der Waals surface area contributed by atoms with Gasteiger partial charge in [0.25, 0.3) is 0 Å². The largest absolute Gasteiger partial charge is 1.00 e. The Kier molecular flexibility index (Phi) is 76.9. The molecule has 0 saturated heterocycles. The molecule has 0 radical (unpaired) electrons.